The van der Waals surface area contributed by atoms with Gasteiger partial charge in [0, 0.05) is 17.0 Å². The van der Waals surface area contributed by atoms with Crippen molar-refractivity contribution in [1.29, 1.82) is 0 Å². The molecule has 0 aromatic heterocycles. The van der Waals surface area contributed by atoms with Crippen LogP contribution in [0.5, 0.6) is 0 Å². The van der Waals surface area contributed by atoms with Crippen molar-refractivity contribution >= 4 is 17.4 Å². The van der Waals surface area contributed by atoms with Gasteiger partial charge < -0.3 is 0 Å². The van der Waals surface area contributed by atoms with Crippen molar-refractivity contribution < 1.29 is 9.18 Å². The minimum Gasteiger partial charge on any atom is -0.290 e. The number of benzene rings is 3. The minimum atomic E-state index is -2.15. The van der Waals surface area contributed by atoms with Gasteiger partial charge in [-0.15, -0.1) is 0 Å². The van der Waals surface area contributed by atoms with Crippen molar-refractivity contribution in [2.45, 2.75) is 12.1 Å². The second-order valence-electron chi connectivity index (χ2n) is 5.67. The molecule has 3 heteroatoms. The number of carbonyl (C=O) groups is 1. The Hall–Kier alpha value is -2.45. The van der Waals surface area contributed by atoms with Gasteiger partial charge in [0.2, 0.25) is 11.5 Å². The average Bonchev–Trinajstić information content (AvgIpc) is 2.63. The molecule has 120 valence electrons. The van der Waals surface area contributed by atoms with E-state index in [0.29, 0.717) is 16.1 Å². The van der Waals surface area contributed by atoms with Crippen molar-refractivity contribution in [2.24, 2.45) is 0 Å². The van der Waals surface area contributed by atoms with Crippen molar-refractivity contribution in [3.63, 3.8) is 0 Å². The Labute approximate surface area is 145 Å². The molecule has 0 amide bonds. The molecule has 0 unspecified atom stereocenters. The highest BCUT2D eigenvalue weighted by atomic mass is 35.5. The maximum atomic E-state index is 16.0. The summed E-state index contributed by atoms with van der Waals surface area (Å²) in [5.74, 6) is -0.547. The molecular formula is C21H16ClFO. The van der Waals surface area contributed by atoms with E-state index in [1.165, 1.54) is 0 Å². The Morgan fingerprint density at radius 2 is 1.38 bits per heavy atom. The van der Waals surface area contributed by atoms with Crippen LogP contribution in [0.25, 0.3) is 0 Å². The average molecular weight is 339 g/mol. The number of carbonyl (C=O) groups excluding carboxylic acids is 1. The summed E-state index contributed by atoms with van der Waals surface area (Å²) in [7, 11) is 0. The van der Waals surface area contributed by atoms with Gasteiger partial charge in [-0.3, -0.25) is 4.79 Å². The van der Waals surface area contributed by atoms with E-state index in [9.17, 15) is 4.79 Å². The standard InChI is InChI=1S/C21H16ClFO/c22-19-13-11-18(12-14-19)21(23,15-16-7-3-1-4-8-16)20(24)17-9-5-2-6-10-17/h1-14H,15H2/t21-/m1/s1. The molecule has 0 bridgehead atoms. The zero-order valence-corrected chi connectivity index (χ0v) is 13.7. The van der Waals surface area contributed by atoms with Crippen LogP contribution in [-0.2, 0) is 12.1 Å². The van der Waals surface area contributed by atoms with E-state index in [4.69, 9.17) is 11.6 Å². The van der Waals surface area contributed by atoms with E-state index in [1.54, 1.807) is 54.6 Å². The summed E-state index contributed by atoms with van der Waals surface area (Å²) in [5.41, 5.74) is -0.720. The maximum absolute atomic E-state index is 16.0. The lowest BCUT2D eigenvalue weighted by Gasteiger charge is -2.25. The Morgan fingerprint density at radius 1 is 0.833 bits per heavy atom. The fraction of sp³-hybridized carbons (Fsp3) is 0.0952. The molecule has 1 nitrogen and oxygen atoms in total. The summed E-state index contributed by atoms with van der Waals surface area (Å²) >= 11 is 5.91. The van der Waals surface area contributed by atoms with Gasteiger partial charge >= 0.3 is 0 Å². The molecule has 0 radical (unpaired) electrons. The molecule has 0 saturated heterocycles. The van der Waals surface area contributed by atoms with E-state index in [-0.39, 0.29) is 6.42 Å². The van der Waals surface area contributed by atoms with E-state index in [2.05, 4.69) is 0 Å². The minimum absolute atomic E-state index is 0.0246. The number of rotatable bonds is 5. The second kappa shape index (κ2) is 6.98. The third-order valence-corrected chi connectivity index (χ3v) is 4.24. The summed E-state index contributed by atoms with van der Waals surface area (Å²) < 4.78 is 16.0. The van der Waals surface area contributed by atoms with Crippen molar-refractivity contribution in [1.82, 2.24) is 0 Å². The van der Waals surface area contributed by atoms with Gasteiger partial charge in [0.25, 0.3) is 0 Å². The number of Topliss-reactive ketones (excluding diaryl/α,β-unsaturated/α-hetero) is 1. The van der Waals surface area contributed by atoms with Gasteiger partial charge in [0.15, 0.2) is 0 Å². The first-order valence-electron chi connectivity index (χ1n) is 7.68. The number of alkyl halides is 1. The molecule has 0 heterocycles. The summed E-state index contributed by atoms with van der Waals surface area (Å²) in [6.45, 7) is 0. The monoisotopic (exact) mass is 338 g/mol. The van der Waals surface area contributed by atoms with Crippen molar-refractivity contribution in [3.05, 3.63) is 107 Å². The number of hydrogen-bond acceptors (Lipinski definition) is 1. The van der Waals surface area contributed by atoms with E-state index in [1.807, 2.05) is 30.3 Å². The second-order valence-corrected chi connectivity index (χ2v) is 6.10. The van der Waals surface area contributed by atoms with Crippen LogP contribution in [0.4, 0.5) is 4.39 Å². The van der Waals surface area contributed by atoms with Gasteiger partial charge in [0.1, 0.15) is 0 Å². The van der Waals surface area contributed by atoms with E-state index >= 15 is 4.39 Å². The molecule has 0 spiro atoms. The highest BCUT2D eigenvalue weighted by Crippen LogP contribution is 2.34. The molecule has 3 rings (SSSR count). The van der Waals surface area contributed by atoms with Crippen LogP contribution in [0.1, 0.15) is 21.5 Å². The first kappa shape index (κ1) is 16.4. The SMILES string of the molecule is O=C(c1ccccc1)[C@@](F)(Cc1ccccc1)c1ccc(Cl)cc1. The zero-order chi connectivity index (χ0) is 17.0. The zero-order valence-electron chi connectivity index (χ0n) is 13.0. The van der Waals surface area contributed by atoms with Crippen molar-refractivity contribution in [2.75, 3.05) is 0 Å². The molecule has 0 N–H and O–H groups in total. The van der Waals surface area contributed by atoms with Crippen LogP contribution < -0.4 is 0 Å². The van der Waals surface area contributed by atoms with Crippen LogP contribution in [0.3, 0.4) is 0 Å². The molecule has 0 aliphatic rings. The summed E-state index contributed by atoms with van der Waals surface area (Å²) in [5, 5.41) is 0.507. The first-order valence-corrected chi connectivity index (χ1v) is 8.06. The van der Waals surface area contributed by atoms with E-state index < -0.39 is 11.5 Å². The van der Waals surface area contributed by atoms with Gasteiger partial charge in [0.05, 0.1) is 0 Å². The molecule has 1 atom stereocenters. The fourth-order valence-corrected chi connectivity index (χ4v) is 2.85. The van der Waals surface area contributed by atoms with Gasteiger partial charge in [-0.1, -0.05) is 84.4 Å². The van der Waals surface area contributed by atoms with Crippen LogP contribution >= 0.6 is 11.6 Å². The number of halogens is 2. The Bertz CT molecular complexity index is 815. The Morgan fingerprint density at radius 3 is 1.96 bits per heavy atom. The fourth-order valence-electron chi connectivity index (χ4n) is 2.72. The number of ketones is 1. The van der Waals surface area contributed by atoms with Crippen LogP contribution in [-0.4, -0.2) is 5.78 Å². The van der Waals surface area contributed by atoms with Gasteiger partial charge in [-0.2, -0.15) is 0 Å². The Kier molecular flexibility index (Phi) is 4.77. The predicted molar refractivity (Wildman–Crippen MR) is 95.2 cm³/mol. The van der Waals surface area contributed by atoms with Crippen LogP contribution in [0, 0.1) is 0 Å². The third kappa shape index (κ3) is 3.39. The lowest BCUT2D eigenvalue weighted by atomic mass is 9.82. The molecule has 0 saturated carbocycles. The molecule has 0 aliphatic carbocycles. The quantitative estimate of drug-likeness (QED) is 0.551. The topological polar surface area (TPSA) is 17.1 Å². The smallest absolute Gasteiger partial charge is 0.204 e. The molecule has 0 fully saturated rings. The van der Waals surface area contributed by atoms with Crippen LogP contribution in [0.15, 0.2) is 84.9 Å². The molecule has 0 aliphatic heterocycles. The third-order valence-electron chi connectivity index (χ3n) is 3.99. The molecule has 3 aromatic carbocycles. The van der Waals surface area contributed by atoms with Gasteiger partial charge in [-0.05, 0) is 23.3 Å². The highest BCUT2D eigenvalue weighted by molar-refractivity contribution is 6.30. The highest BCUT2D eigenvalue weighted by Gasteiger charge is 2.41. The summed E-state index contributed by atoms with van der Waals surface area (Å²) in [6.07, 6.45) is -0.0246. The van der Waals surface area contributed by atoms with Crippen LogP contribution in [0.2, 0.25) is 5.02 Å². The summed E-state index contributed by atoms with van der Waals surface area (Å²) in [4.78, 5) is 12.9. The lowest BCUT2D eigenvalue weighted by molar-refractivity contribution is 0.0676. The molecule has 3 aromatic rings. The normalized spacial score (nSPS) is 13.2. The lowest BCUT2D eigenvalue weighted by Crippen LogP contribution is -2.33. The van der Waals surface area contributed by atoms with E-state index in [0.717, 1.165) is 5.56 Å². The van der Waals surface area contributed by atoms with Gasteiger partial charge in [-0.25, -0.2) is 4.39 Å². The molecule has 24 heavy (non-hydrogen) atoms. The predicted octanol–water partition coefficient (Wildman–Crippen LogP) is 5.63. The number of hydrogen-bond donors (Lipinski definition) is 0. The maximum Gasteiger partial charge on any atom is 0.204 e. The largest absolute Gasteiger partial charge is 0.290 e. The first-order chi connectivity index (χ1) is 11.6. The summed E-state index contributed by atoms with van der Waals surface area (Å²) in [6, 6.07) is 24.1. The van der Waals surface area contributed by atoms with Crippen molar-refractivity contribution in [3.8, 4) is 0 Å². The Balaban J connectivity index is 2.06. The molecular weight excluding hydrogens is 323 g/mol.